The van der Waals surface area contributed by atoms with Gasteiger partial charge in [-0.05, 0) is 24.2 Å². The quantitative estimate of drug-likeness (QED) is 0.250. The van der Waals surface area contributed by atoms with Crippen molar-refractivity contribution in [3.05, 3.63) is 12.2 Å². The fraction of sp³-hybridized carbons (Fsp3) is 0.786. The first-order valence-corrected chi connectivity index (χ1v) is 11.1. The standard InChI is InChI=1S/C14H24Cl3NO3Si/c1-13(2,3)22(4,5)20-9-11-10(7-6-8-19-11)21-12(18)14(15,16)17/h6-7,10-11,18H,8-9H2,1-5H3/t10-,11+/m0/s1. The number of hydrogen-bond donors (Lipinski definition) is 1. The molecule has 0 unspecified atom stereocenters. The van der Waals surface area contributed by atoms with Crippen molar-refractivity contribution < 1.29 is 13.9 Å². The molecule has 0 aromatic carbocycles. The zero-order valence-electron chi connectivity index (χ0n) is 13.6. The number of hydrogen-bond acceptors (Lipinski definition) is 4. The number of ether oxygens (including phenoxy) is 2. The maximum absolute atomic E-state index is 7.68. The van der Waals surface area contributed by atoms with Gasteiger partial charge in [0.2, 0.25) is 5.90 Å². The van der Waals surface area contributed by atoms with Crippen LogP contribution in [0.2, 0.25) is 18.1 Å². The Balaban J connectivity index is 2.69. The Kier molecular flexibility index (Phi) is 6.82. The van der Waals surface area contributed by atoms with Crippen LogP contribution in [0.1, 0.15) is 20.8 Å². The molecule has 1 aliphatic rings. The van der Waals surface area contributed by atoms with Crippen LogP contribution in [0, 0.1) is 5.41 Å². The van der Waals surface area contributed by atoms with Crippen LogP contribution < -0.4 is 0 Å². The lowest BCUT2D eigenvalue weighted by molar-refractivity contribution is -0.0371. The van der Waals surface area contributed by atoms with Gasteiger partial charge in [0, 0.05) is 0 Å². The zero-order valence-corrected chi connectivity index (χ0v) is 16.9. The first-order valence-electron chi connectivity index (χ1n) is 7.09. The minimum atomic E-state index is -1.89. The first kappa shape index (κ1) is 20.3. The van der Waals surface area contributed by atoms with E-state index >= 15 is 0 Å². The molecule has 0 radical (unpaired) electrons. The van der Waals surface area contributed by atoms with E-state index in [-0.39, 0.29) is 11.1 Å². The molecule has 0 bridgehead atoms. The predicted octanol–water partition coefficient (Wildman–Crippen LogP) is 4.70. The molecule has 1 heterocycles. The van der Waals surface area contributed by atoms with Crippen LogP contribution in [0.15, 0.2) is 12.2 Å². The Hall–Kier alpha value is 0.217. The molecule has 0 aromatic rings. The zero-order chi connectivity index (χ0) is 17.2. The molecular formula is C14H24Cl3NO3Si. The summed E-state index contributed by atoms with van der Waals surface area (Å²) in [4.78, 5) is 0. The van der Waals surface area contributed by atoms with Crippen molar-refractivity contribution >= 4 is 49.0 Å². The Morgan fingerprint density at radius 2 is 1.91 bits per heavy atom. The largest absolute Gasteiger partial charge is 0.468 e. The number of rotatable bonds is 4. The molecule has 0 fully saturated rings. The van der Waals surface area contributed by atoms with Crippen LogP contribution in [0.25, 0.3) is 0 Å². The highest BCUT2D eigenvalue weighted by molar-refractivity contribution is 6.76. The number of alkyl halides is 3. The third kappa shape index (κ3) is 5.69. The van der Waals surface area contributed by atoms with Crippen LogP contribution in [0.3, 0.4) is 0 Å². The molecular weight excluding hydrogens is 365 g/mol. The van der Waals surface area contributed by atoms with Gasteiger partial charge in [0.15, 0.2) is 8.32 Å². The van der Waals surface area contributed by atoms with Gasteiger partial charge in [-0.3, -0.25) is 5.41 Å². The molecule has 0 aliphatic carbocycles. The van der Waals surface area contributed by atoms with Crippen molar-refractivity contribution in [2.45, 2.75) is 54.9 Å². The van der Waals surface area contributed by atoms with Crippen molar-refractivity contribution in [1.82, 2.24) is 0 Å². The normalized spacial score (nSPS) is 23.5. The first-order chi connectivity index (χ1) is 9.84. The molecule has 0 saturated carbocycles. The molecule has 4 nitrogen and oxygen atoms in total. The van der Waals surface area contributed by atoms with Gasteiger partial charge in [-0.1, -0.05) is 61.7 Å². The minimum Gasteiger partial charge on any atom is -0.468 e. The summed E-state index contributed by atoms with van der Waals surface area (Å²) in [5.74, 6) is -0.421. The Morgan fingerprint density at radius 1 is 1.32 bits per heavy atom. The lowest BCUT2D eigenvalue weighted by atomic mass is 10.1. The lowest BCUT2D eigenvalue weighted by Gasteiger charge is -2.38. The highest BCUT2D eigenvalue weighted by atomic mass is 35.6. The number of halogens is 3. The van der Waals surface area contributed by atoms with Crippen LogP contribution in [-0.2, 0) is 13.9 Å². The molecule has 1 rings (SSSR count). The van der Waals surface area contributed by atoms with E-state index in [4.69, 9.17) is 54.1 Å². The van der Waals surface area contributed by atoms with E-state index in [2.05, 4.69) is 33.9 Å². The van der Waals surface area contributed by atoms with Gasteiger partial charge in [0.1, 0.15) is 12.2 Å². The van der Waals surface area contributed by atoms with Crippen molar-refractivity contribution in [3.8, 4) is 0 Å². The van der Waals surface area contributed by atoms with Crippen LogP contribution in [0.4, 0.5) is 0 Å². The second-order valence-electron chi connectivity index (χ2n) is 6.78. The molecule has 22 heavy (non-hydrogen) atoms. The molecule has 0 aromatic heterocycles. The van der Waals surface area contributed by atoms with Crippen molar-refractivity contribution in [1.29, 1.82) is 5.41 Å². The Bertz CT molecular complexity index is 430. The minimum absolute atomic E-state index is 0.109. The highest BCUT2D eigenvalue weighted by Crippen LogP contribution is 2.37. The third-order valence-electron chi connectivity index (χ3n) is 4.02. The van der Waals surface area contributed by atoms with Crippen molar-refractivity contribution in [3.63, 3.8) is 0 Å². The summed E-state index contributed by atoms with van der Waals surface area (Å²) in [5, 5.41) is 7.79. The van der Waals surface area contributed by atoms with E-state index in [1.807, 2.05) is 12.2 Å². The Labute approximate surface area is 148 Å². The second kappa shape index (κ2) is 7.41. The average molecular weight is 389 g/mol. The van der Waals surface area contributed by atoms with E-state index < -0.39 is 24.1 Å². The summed E-state index contributed by atoms with van der Waals surface area (Å²) in [6.45, 7) is 11.7. The van der Waals surface area contributed by atoms with E-state index in [1.165, 1.54) is 0 Å². The molecule has 2 atom stereocenters. The molecule has 1 N–H and O–H groups in total. The molecule has 0 amide bonds. The topological polar surface area (TPSA) is 51.5 Å². The lowest BCUT2D eigenvalue weighted by Crippen LogP contribution is -2.46. The van der Waals surface area contributed by atoms with Crippen molar-refractivity contribution in [2.75, 3.05) is 13.2 Å². The van der Waals surface area contributed by atoms with Crippen LogP contribution in [-0.4, -0.2) is 43.4 Å². The second-order valence-corrected chi connectivity index (χ2v) is 13.9. The van der Waals surface area contributed by atoms with Gasteiger partial charge in [0.25, 0.3) is 3.79 Å². The monoisotopic (exact) mass is 387 g/mol. The van der Waals surface area contributed by atoms with E-state index in [9.17, 15) is 0 Å². The summed E-state index contributed by atoms with van der Waals surface area (Å²) < 4.78 is 15.4. The Morgan fingerprint density at radius 3 is 2.41 bits per heavy atom. The summed E-state index contributed by atoms with van der Waals surface area (Å²) in [5.41, 5.74) is 0. The van der Waals surface area contributed by atoms with Gasteiger partial charge < -0.3 is 13.9 Å². The molecule has 8 heteroatoms. The molecule has 1 aliphatic heterocycles. The maximum Gasteiger partial charge on any atom is 0.265 e. The summed E-state index contributed by atoms with van der Waals surface area (Å²) in [7, 11) is -1.89. The van der Waals surface area contributed by atoms with E-state index in [0.29, 0.717) is 13.2 Å². The third-order valence-corrected chi connectivity index (χ3v) is 9.04. The van der Waals surface area contributed by atoms with Gasteiger partial charge >= 0.3 is 0 Å². The smallest absolute Gasteiger partial charge is 0.265 e. The summed E-state index contributed by atoms with van der Waals surface area (Å²) in [6, 6.07) is 0. The predicted molar refractivity (Wildman–Crippen MR) is 94.9 cm³/mol. The van der Waals surface area contributed by atoms with Crippen LogP contribution in [0.5, 0.6) is 0 Å². The maximum atomic E-state index is 7.68. The number of nitrogens with one attached hydrogen (secondary N) is 1. The molecule has 0 saturated heterocycles. The van der Waals surface area contributed by atoms with E-state index in [0.717, 1.165) is 0 Å². The SMILES string of the molecule is CC(C)(C)[Si](C)(C)OC[C@H]1OCC=C[C@@H]1OC(=N)C(Cl)(Cl)Cl. The molecule has 0 spiro atoms. The van der Waals surface area contributed by atoms with Gasteiger partial charge in [-0.2, -0.15) is 0 Å². The van der Waals surface area contributed by atoms with Gasteiger partial charge in [-0.25, -0.2) is 0 Å². The fourth-order valence-electron chi connectivity index (χ4n) is 1.56. The average Bonchev–Trinajstić information content (AvgIpc) is 2.35. The summed E-state index contributed by atoms with van der Waals surface area (Å²) >= 11 is 17.0. The fourth-order valence-corrected chi connectivity index (χ4v) is 2.70. The van der Waals surface area contributed by atoms with Gasteiger partial charge in [0.05, 0.1) is 13.2 Å². The molecule has 128 valence electrons. The van der Waals surface area contributed by atoms with Crippen LogP contribution >= 0.6 is 34.8 Å². The van der Waals surface area contributed by atoms with Gasteiger partial charge in [-0.15, -0.1) is 0 Å². The van der Waals surface area contributed by atoms with E-state index in [1.54, 1.807) is 0 Å². The van der Waals surface area contributed by atoms with Crippen molar-refractivity contribution in [2.24, 2.45) is 0 Å². The highest BCUT2D eigenvalue weighted by Gasteiger charge is 2.39. The summed E-state index contributed by atoms with van der Waals surface area (Å²) in [6.07, 6.45) is 2.81.